The number of nitrogens with one attached hydrogen (secondary N) is 1. The van der Waals surface area contributed by atoms with Crippen LogP contribution in [0.15, 0.2) is 47.4 Å². The van der Waals surface area contributed by atoms with Crippen LogP contribution in [0.5, 0.6) is 11.5 Å². The Hall–Kier alpha value is -2.18. The van der Waals surface area contributed by atoms with Gasteiger partial charge in [0.2, 0.25) is 5.91 Å². The first kappa shape index (κ1) is 20.1. The van der Waals surface area contributed by atoms with E-state index in [9.17, 15) is 4.79 Å². The predicted octanol–water partition coefficient (Wildman–Crippen LogP) is 3.89. The van der Waals surface area contributed by atoms with Crippen molar-refractivity contribution in [2.75, 3.05) is 39.4 Å². The molecule has 2 aromatic carbocycles. The van der Waals surface area contributed by atoms with Crippen LogP contribution in [0.25, 0.3) is 0 Å². The SMILES string of the molecule is COc1cccc(CN(C)CCC(=O)Nc2ccccc2SC)c1OC. The van der Waals surface area contributed by atoms with Crippen LogP contribution in [-0.4, -0.2) is 44.9 Å². The quantitative estimate of drug-likeness (QED) is 0.675. The van der Waals surface area contributed by atoms with Gasteiger partial charge in [0.15, 0.2) is 11.5 Å². The van der Waals surface area contributed by atoms with Gasteiger partial charge < -0.3 is 19.7 Å². The molecule has 0 bridgehead atoms. The molecule has 0 spiro atoms. The molecular formula is C20H26N2O3S. The molecule has 0 saturated carbocycles. The van der Waals surface area contributed by atoms with Gasteiger partial charge in [0, 0.05) is 30.0 Å². The zero-order chi connectivity index (χ0) is 18.9. The van der Waals surface area contributed by atoms with Crippen molar-refractivity contribution in [3.8, 4) is 11.5 Å². The third-order valence-corrected chi connectivity index (χ3v) is 4.82. The monoisotopic (exact) mass is 374 g/mol. The van der Waals surface area contributed by atoms with Gasteiger partial charge in [-0.2, -0.15) is 0 Å². The number of carbonyl (C=O) groups excluding carboxylic acids is 1. The van der Waals surface area contributed by atoms with Crippen LogP contribution < -0.4 is 14.8 Å². The van der Waals surface area contributed by atoms with Crippen LogP contribution in [0.1, 0.15) is 12.0 Å². The Morgan fingerprint density at radius 2 is 1.88 bits per heavy atom. The van der Waals surface area contributed by atoms with Crippen molar-refractivity contribution in [2.24, 2.45) is 0 Å². The molecule has 5 nitrogen and oxygen atoms in total. The first-order valence-corrected chi connectivity index (χ1v) is 9.62. The first-order chi connectivity index (χ1) is 12.6. The summed E-state index contributed by atoms with van der Waals surface area (Å²) in [4.78, 5) is 15.4. The highest BCUT2D eigenvalue weighted by Crippen LogP contribution is 2.31. The second-order valence-corrected chi connectivity index (χ2v) is 6.74. The van der Waals surface area contributed by atoms with Gasteiger partial charge in [-0.15, -0.1) is 11.8 Å². The fourth-order valence-electron chi connectivity index (χ4n) is 2.70. The minimum absolute atomic E-state index is 0.0101. The molecule has 0 unspecified atom stereocenters. The number of anilines is 1. The second-order valence-electron chi connectivity index (χ2n) is 5.89. The van der Waals surface area contributed by atoms with Crippen molar-refractivity contribution < 1.29 is 14.3 Å². The molecule has 0 saturated heterocycles. The zero-order valence-electron chi connectivity index (χ0n) is 15.7. The lowest BCUT2D eigenvalue weighted by molar-refractivity contribution is -0.116. The second kappa shape index (κ2) is 10.1. The maximum Gasteiger partial charge on any atom is 0.225 e. The third-order valence-electron chi connectivity index (χ3n) is 4.03. The van der Waals surface area contributed by atoms with Crippen molar-refractivity contribution in [1.82, 2.24) is 4.90 Å². The molecule has 1 N–H and O–H groups in total. The summed E-state index contributed by atoms with van der Waals surface area (Å²) in [6, 6.07) is 13.6. The lowest BCUT2D eigenvalue weighted by Crippen LogP contribution is -2.24. The molecule has 140 valence electrons. The third kappa shape index (κ3) is 5.41. The molecule has 2 rings (SSSR count). The molecule has 0 radical (unpaired) electrons. The molecule has 0 heterocycles. The molecule has 0 aliphatic rings. The summed E-state index contributed by atoms with van der Waals surface area (Å²) in [5.74, 6) is 1.46. The van der Waals surface area contributed by atoms with E-state index in [0.717, 1.165) is 21.9 Å². The van der Waals surface area contributed by atoms with Crippen LogP contribution in [0.4, 0.5) is 5.69 Å². The number of amides is 1. The van der Waals surface area contributed by atoms with Gasteiger partial charge in [0.25, 0.3) is 0 Å². The first-order valence-electron chi connectivity index (χ1n) is 8.40. The summed E-state index contributed by atoms with van der Waals surface area (Å²) in [5.41, 5.74) is 1.89. The molecule has 0 aromatic heterocycles. The van der Waals surface area contributed by atoms with Gasteiger partial charge in [-0.05, 0) is 31.5 Å². The number of thioether (sulfide) groups is 1. The molecule has 2 aromatic rings. The van der Waals surface area contributed by atoms with Crippen LogP contribution in [0, 0.1) is 0 Å². The zero-order valence-corrected chi connectivity index (χ0v) is 16.6. The van der Waals surface area contributed by atoms with Gasteiger partial charge in [0.1, 0.15) is 0 Å². The Bertz CT molecular complexity index is 737. The van der Waals surface area contributed by atoms with Crippen molar-refractivity contribution in [1.29, 1.82) is 0 Å². The average Bonchev–Trinajstić information content (AvgIpc) is 2.66. The topological polar surface area (TPSA) is 50.8 Å². The fraction of sp³-hybridized carbons (Fsp3) is 0.350. The van der Waals surface area contributed by atoms with E-state index in [0.29, 0.717) is 25.3 Å². The van der Waals surface area contributed by atoms with E-state index in [4.69, 9.17) is 9.47 Å². The van der Waals surface area contributed by atoms with Crippen molar-refractivity contribution in [3.63, 3.8) is 0 Å². The molecule has 6 heteroatoms. The van der Waals surface area contributed by atoms with Gasteiger partial charge in [0.05, 0.1) is 19.9 Å². The average molecular weight is 375 g/mol. The Morgan fingerprint density at radius 3 is 2.58 bits per heavy atom. The summed E-state index contributed by atoms with van der Waals surface area (Å²) in [5, 5.41) is 2.99. The van der Waals surface area contributed by atoms with Crippen LogP contribution >= 0.6 is 11.8 Å². The lowest BCUT2D eigenvalue weighted by atomic mass is 10.1. The van der Waals surface area contributed by atoms with E-state index >= 15 is 0 Å². The van der Waals surface area contributed by atoms with E-state index in [2.05, 4.69) is 10.2 Å². The molecule has 1 amide bonds. The number of carbonyl (C=O) groups is 1. The molecule has 26 heavy (non-hydrogen) atoms. The maximum atomic E-state index is 12.3. The summed E-state index contributed by atoms with van der Waals surface area (Å²) < 4.78 is 10.8. The Labute approximate surface area is 159 Å². The van der Waals surface area contributed by atoms with E-state index in [1.807, 2.05) is 55.8 Å². The Morgan fingerprint density at radius 1 is 1.12 bits per heavy atom. The van der Waals surface area contributed by atoms with Crippen molar-refractivity contribution in [2.45, 2.75) is 17.9 Å². The van der Waals surface area contributed by atoms with Gasteiger partial charge in [-0.1, -0.05) is 24.3 Å². The van der Waals surface area contributed by atoms with Crippen LogP contribution in [0.3, 0.4) is 0 Å². The number of rotatable bonds is 9. The molecular weight excluding hydrogens is 348 g/mol. The lowest BCUT2D eigenvalue weighted by Gasteiger charge is -2.19. The number of hydrogen-bond acceptors (Lipinski definition) is 5. The standard InChI is InChI=1S/C20H26N2O3S/c1-22(14-15-8-7-10-17(24-2)20(15)25-3)13-12-19(23)21-16-9-5-6-11-18(16)26-4/h5-11H,12-14H2,1-4H3,(H,21,23). The smallest absolute Gasteiger partial charge is 0.225 e. The van der Waals surface area contributed by atoms with E-state index in [1.54, 1.807) is 26.0 Å². The number of methoxy groups -OCH3 is 2. The van der Waals surface area contributed by atoms with Crippen LogP contribution in [0.2, 0.25) is 0 Å². The van der Waals surface area contributed by atoms with Crippen LogP contribution in [-0.2, 0) is 11.3 Å². The van der Waals surface area contributed by atoms with Crippen molar-refractivity contribution in [3.05, 3.63) is 48.0 Å². The summed E-state index contributed by atoms with van der Waals surface area (Å²) in [7, 11) is 5.25. The summed E-state index contributed by atoms with van der Waals surface area (Å²) in [6.07, 6.45) is 2.42. The fourth-order valence-corrected chi connectivity index (χ4v) is 3.25. The number of nitrogens with zero attached hydrogens (tertiary/aromatic N) is 1. The number of benzene rings is 2. The summed E-state index contributed by atoms with van der Waals surface area (Å²) in [6.45, 7) is 1.32. The predicted molar refractivity (Wildman–Crippen MR) is 107 cm³/mol. The van der Waals surface area contributed by atoms with E-state index in [1.165, 1.54) is 0 Å². The minimum Gasteiger partial charge on any atom is -0.493 e. The number of hydrogen-bond donors (Lipinski definition) is 1. The Kier molecular flexibility index (Phi) is 7.81. The molecule has 0 atom stereocenters. The number of ether oxygens (including phenoxy) is 2. The minimum atomic E-state index is 0.0101. The molecule has 0 aliphatic heterocycles. The highest BCUT2D eigenvalue weighted by atomic mass is 32.2. The highest BCUT2D eigenvalue weighted by molar-refractivity contribution is 7.98. The number of para-hydroxylation sites is 2. The molecule has 0 fully saturated rings. The Balaban J connectivity index is 1.91. The van der Waals surface area contributed by atoms with Crippen molar-refractivity contribution >= 4 is 23.4 Å². The van der Waals surface area contributed by atoms with E-state index in [-0.39, 0.29) is 5.91 Å². The van der Waals surface area contributed by atoms with Gasteiger partial charge >= 0.3 is 0 Å². The largest absolute Gasteiger partial charge is 0.493 e. The molecule has 0 aliphatic carbocycles. The normalized spacial score (nSPS) is 10.7. The van der Waals surface area contributed by atoms with Gasteiger partial charge in [-0.25, -0.2) is 0 Å². The maximum absolute atomic E-state index is 12.3. The van der Waals surface area contributed by atoms with E-state index < -0.39 is 0 Å². The highest BCUT2D eigenvalue weighted by Gasteiger charge is 2.13. The summed E-state index contributed by atoms with van der Waals surface area (Å²) >= 11 is 1.62. The van der Waals surface area contributed by atoms with Gasteiger partial charge in [-0.3, -0.25) is 4.79 Å².